The maximum Gasteiger partial charge on any atom is 0.237 e. The van der Waals surface area contributed by atoms with Gasteiger partial charge in [-0.25, -0.2) is 4.98 Å². The lowest BCUT2D eigenvalue weighted by molar-refractivity contribution is -0.125. The number of nitrogens with two attached hydrogens (primary N) is 1. The van der Waals surface area contributed by atoms with E-state index in [-0.39, 0.29) is 11.8 Å². The van der Waals surface area contributed by atoms with Gasteiger partial charge in [-0.1, -0.05) is 13.8 Å². The van der Waals surface area contributed by atoms with Gasteiger partial charge in [-0.15, -0.1) is 0 Å². The number of primary amides is 1. The van der Waals surface area contributed by atoms with Crippen molar-refractivity contribution in [3.05, 3.63) is 18.2 Å². The van der Waals surface area contributed by atoms with Crippen LogP contribution in [0.1, 0.15) is 26.6 Å². The third-order valence-electron chi connectivity index (χ3n) is 3.44. The van der Waals surface area contributed by atoms with E-state index in [9.17, 15) is 4.79 Å². The van der Waals surface area contributed by atoms with Crippen LogP contribution < -0.4 is 11.1 Å². The molecule has 17 heavy (non-hydrogen) atoms. The fraction of sp³-hybridized carbons (Fsp3) is 0.667. The number of imidazole rings is 1. The monoisotopic (exact) mass is 238 g/mol. The second-order valence-electron chi connectivity index (χ2n) is 4.82. The number of rotatable bonds is 6. The normalized spacial score (nSPS) is 14.9. The summed E-state index contributed by atoms with van der Waals surface area (Å²) >= 11 is 0. The Bertz CT molecular complexity index is 386. The molecule has 5 nitrogen and oxygen atoms in total. The molecule has 0 aliphatic carbocycles. The zero-order valence-corrected chi connectivity index (χ0v) is 11.0. The minimum atomic E-state index is -0.658. The summed E-state index contributed by atoms with van der Waals surface area (Å²) in [6.45, 7) is 9.24. The van der Waals surface area contributed by atoms with E-state index < -0.39 is 5.54 Å². The molecule has 1 atom stereocenters. The van der Waals surface area contributed by atoms with Crippen LogP contribution in [0.3, 0.4) is 0 Å². The molecule has 5 heteroatoms. The van der Waals surface area contributed by atoms with Crippen molar-refractivity contribution in [3.8, 4) is 0 Å². The van der Waals surface area contributed by atoms with Gasteiger partial charge in [-0.3, -0.25) is 4.79 Å². The predicted octanol–water partition coefficient (Wildman–Crippen LogP) is 0.681. The number of carbonyl (C=O) groups excluding carboxylic acids is 1. The molecule has 0 saturated carbocycles. The van der Waals surface area contributed by atoms with Gasteiger partial charge >= 0.3 is 0 Å². The molecule has 0 saturated heterocycles. The fourth-order valence-corrected chi connectivity index (χ4v) is 1.65. The molecular weight excluding hydrogens is 216 g/mol. The Balaban J connectivity index is 2.55. The minimum absolute atomic E-state index is 0.156. The van der Waals surface area contributed by atoms with Gasteiger partial charge in [-0.2, -0.15) is 0 Å². The molecule has 96 valence electrons. The topological polar surface area (TPSA) is 72.9 Å². The Kier molecular flexibility index (Phi) is 4.28. The van der Waals surface area contributed by atoms with E-state index in [1.54, 1.807) is 6.20 Å². The number of hydrogen-bond acceptors (Lipinski definition) is 3. The molecule has 0 spiro atoms. The molecule has 0 aromatic carbocycles. The summed E-state index contributed by atoms with van der Waals surface area (Å²) in [4.78, 5) is 15.6. The second kappa shape index (κ2) is 5.31. The first-order chi connectivity index (χ1) is 7.88. The molecule has 0 aliphatic rings. The molecule has 3 N–H and O–H groups in total. The number of amides is 1. The molecule has 1 rings (SSSR count). The lowest BCUT2D eigenvalue weighted by atomic mass is 9.88. The van der Waals surface area contributed by atoms with Gasteiger partial charge in [0, 0.05) is 25.5 Å². The van der Waals surface area contributed by atoms with Gasteiger partial charge in [0.25, 0.3) is 0 Å². The highest BCUT2D eigenvalue weighted by atomic mass is 16.1. The van der Waals surface area contributed by atoms with Crippen molar-refractivity contribution in [2.75, 3.05) is 6.54 Å². The minimum Gasteiger partial charge on any atom is -0.368 e. The Labute approximate surface area is 102 Å². The van der Waals surface area contributed by atoms with Crippen LogP contribution in [-0.4, -0.2) is 27.5 Å². The van der Waals surface area contributed by atoms with Crippen LogP contribution in [0.2, 0.25) is 0 Å². The molecule has 0 radical (unpaired) electrons. The second-order valence-corrected chi connectivity index (χ2v) is 4.82. The van der Waals surface area contributed by atoms with Gasteiger partial charge in [0.2, 0.25) is 5.91 Å². The lowest BCUT2D eigenvalue weighted by Crippen LogP contribution is -2.57. The van der Waals surface area contributed by atoms with Crippen molar-refractivity contribution in [2.24, 2.45) is 11.7 Å². The third kappa shape index (κ3) is 3.06. The van der Waals surface area contributed by atoms with Gasteiger partial charge < -0.3 is 15.6 Å². The summed E-state index contributed by atoms with van der Waals surface area (Å²) in [5.74, 6) is 0.816. The Morgan fingerprint density at radius 2 is 2.29 bits per heavy atom. The molecule has 1 aromatic rings. The first-order valence-electron chi connectivity index (χ1n) is 5.90. The summed E-state index contributed by atoms with van der Waals surface area (Å²) in [6.07, 6.45) is 3.69. The van der Waals surface area contributed by atoms with Gasteiger partial charge in [0.15, 0.2) is 0 Å². The molecule has 1 unspecified atom stereocenters. The maximum absolute atomic E-state index is 11.5. The summed E-state index contributed by atoms with van der Waals surface area (Å²) in [6, 6.07) is 0. The van der Waals surface area contributed by atoms with E-state index in [4.69, 9.17) is 5.73 Å². The molecule has 0 bridgehead atoms. The Morgan fingerprint density at radius 3 is 2.71 bits per heavy atom. The number of carbonyl (C=O) groups is 1. The van der Waals surface area contributed by atoms with E-state index in [0.717, 1.165) is 12.4 Å². The third-order valence-corrected chi connectivity index (χ3v) is 3.44. The van der Waals surface area contributed by atoms with Crippen LogP contribution >= 0.6 is 0 Å². The fourth-order valence-electron chi connectivity index (χ4n) is 1.65. The van der Waals surface area contributed by atoms with Crippen LogP contribution in [0.5, 0.6) is 0 Å². The zero-order chi connectivity index (χ0) is 13.1. The van der Waals surface area contributed by atoms with Crippen LogP contribution in [-0.2, 0) is 11.3 Å². The van der Waals surface area contributed by atoms with Crippen LogP contribution in [0, 0.1) is 12.8 Å². The number of aryl methyl sites for hydroxylation is 1. The molecule has 1 amide bonds. The highest BCUT2D eigenvalue weighted by Gasteiger charge is 2.33. The molecule has 1 heterocycles. The van der Waals surface area contributed by atoms with Crippen molar-refractivity contribution in [1.29, 1.82) is 0 Å². The molecule has 1 aromatic heterocycles. The zero-order valence-electron chi connectivity index (χ0n) is 11.0. The average Bonchev–Trinajstić information content (AvgIpc) is 2.63. The van der Waals surface area contributed by atoms with Crippen LogP contribution in [0.25, 0.3) is 0 Å². The summed E-state index contributed by atoms with van der Waals surface area (Å²) in [5, 5.41) is 3.24. The maximum atomic E-state index is 11.5. The predicted molar refractivity (Wildman–Crippen MR) is 67.4 cm³/mol. The van der Waals surface area contributed by atoms with E-state index in [2.05, 4.69) is 10.3 Å². The first-order valence-corrected chi connectivity index (χ1v) is 5.90. The Morgan fingerprint density at radius 1 is 1.65 bits per heavy atom. The average molecular weight is 238 g/mol. The van der Waals surface area contributed by atoms with Crippen molar-refractivity contribution >= 4 is 5.91 Å². The SMILES string of the molecule is Cc1nccn1CCNC(C)(C(N)=O)C(C)C. The molecular formula is C12H22N4O. The lowest BCUT2D eigenvalue weighted by Gasteiger charge is -2.31. The van der Waals surface area contributed by atoms with E-state index in [1.807, 2.05) is 38.5 Å². The summed E-state index contributed by atoms with van der Waals surface area (Å²) < 4.78 is 2.04. The number of aromatic nitrogens is 2. The van der Waals surface area contributed by atoms with Gasteiger partial charge in [0.05, 0.1) is 5.54 Å². The van der Waals surface area contributed by atoms with E-state index in [1.165, 1.54) is 0 Å². The van der Waals surface area contributed by atoms with Crippen molar-refractivity contribution in [2.45, 2.75) is 39.8 Å². The highest BCUT2D eigenvalue weighted by molar-refractivity contribution is 5.84. The number of nitrogens with zero attached hydrogens (tertiary/aromatic N) is 2. The number of hydrogen-bond donors (Lipinski definition) is 2. The van der Waals surface area contributed by atoms with Crippen molar-refractivity contribution in [3.63, 3.8) is 0 Å². The van der Waals surface area contributed by atoms with E-state index >= 15 is 0 Å². The summed E-state index contributed by atoms with van der Waals surface area (Å²) in [7, 11) is 0. The number of nitrogens with one attached hydrogen (secondary N) is 1. The Hall–Kier alpha value is -1.36. The first kappa shape index (κ1) is 13.7. The van der Waals surface area contributed by atoms with E-state index in [0.29, 0.717) is 6.54 Å². The van der Waals surface area contributed by atoms with Gasteiger partial charge in [-0.05, 0) is 19.8 Å². The van der Waals surface area contributed by atoms with Crippen molar-refractivity contribution < 1.29 is 4.79 Å². The largest absolute Gasteiger partial charge is 0.368 e. The molecule has 0 aliphatic heterocycles. The standard InChI is InChI=1S/C12H22N4O/c1-9(2)12(4,11(13)17)15-6-8-16-7-5-14-10(16)3/h5,7,9,15H,6,8H2,1-4H3,(H2,13,17). The van der Waals surface area contributed by atoms with Crippen molar-refractivity contribution in [1.82, 2.24) is 14.9 Å². The quantitative estimate of drug-likeness (QED) is 0.765. The summed E-state index contributed by atoms with van der Waals surface area (Å²) in [5.41, 5.74) is 4.78. The molecule has 0 fully saturated rings. The van der Waals surface area contributed by atoms with Crippen LogP contribution in [0.15, 0.2) is 12.4 Å². The van der Waals surface area contributed by atoms with Crippen LogP contribution in [0.4, 0.5) is 0 Å². The smallest absolute Gasteiger partial charge is 0.237 e. The highest BCUT2D eigenvalue weighted by Crippen LogP contribution is 2.15. The van der Waals surface area contributed by atoms with Gasteiger partial charge in [0.1, 0.15) is 5.82 Å².